The summed E-state index contributed by atoms with van der Waals surface area (Å²) in [6.45, 7) is 2.02. The van der Waals surface area contributed by atoms with E-state index in [1.54, 1.807) is 11.3 Å². The van der Waals surface area contributed by atoms with E-state index in [-0.39, 0.29) is 11.5 Å². The quantitative estimate of drug-likeness (QED) is 0.514. The zero-order valence-corrected chi connectivity index (χ0v) is 7.06. The highest BCUT2D eigenvalue weighted by atomic mass is 32.1. The molecule has 11 heavy (non-hydrogen) atoms. The van der Waals surface area contributed by atoms with Crippen molar-refractivity contribution in [3.05, 3.63) is 32.0 Å². The van der Waals surface area contributed by atoms with Gasteiger partial charge in [-0.15, -0.1) is 0 Å². The Balaban J connectivity index is 2.51. The van der Waals surface area contributed by atoms with Crippen molar-refractivity contribution < 1.29 is 4.92 Å². The first-order valence-corrected chi connectivity index (χ1v) is 4.28. The van der Waals surface area contributed by atoms with Crippen LogP contribution in [0.1, 0.15) is 11.1 Å². The lowest BCUT2D eigenvalue weighted by molar-refractivity contribution is -0.479. The molecule has 0 bridgehead atoms. The van der Waals surface area contributed by atoms with Crippen LogP contribution in [-0.2, 0) is 6.42 Å². The summed E-state index contributed by atoms with van der Waals surface area (Å²) in [7, 11) is 0. The van der Waals surface area contributed by atoms with Crippen LogP contribution in [0.15, 0.2) is 10.8 Å². The number of hydrogen-bond donors (Lipinski definition) is 0. The van der Waals surface area contributed by atoms with Gasteiger partial charge in [0.1, 0.15) is 0 Å². The summed E-state index contributed by atoms with van der Waals surface area (Å²) in [5.74, 6) is 0. The van der Waals surface area contributed by atoms with Gasteiger partial charge in [-0.2, -0.15) is 11.3 Å². The maximum absolute atomic E-state index is 10.0. The summed E-state index contributed by atoms with van der Waals surface area (Å²) in [6.07, 6.45) is 0.558. The Labute approximate surface area is 68.8 Å². The Kier molecular flexibility index (Phi) is 2.59. The standard InChI is InChI=1S/C7H9NO2S/c1-6-4-11-5-7(6)2-3-8(9)10/h4-5H,2-3H2,1H3. The molecule has 0 N–H and O–H groups in total. The lowest BCUT2D eigenvalue weighted by Gasteiger charge is -1.93. The molecule has 0 unspecified atom stereocenters. The van der Waals surface area contributed by atoms with E-state index in [1.807, 2.05) is 17.7 Å². The molecule has 1 heterocycles. The van der Waals surface area contributed by atoms with Crippen LogP contribution >= 0.6 is 11.3 Å². The van der Waals surface area contributed by atoms with E-state index in [1.165, 1.54) is 0 Å². The van der Waals surface area contributed by atoms with Crippen LogP contribution in [0, 0.1) is 17.0 Å². The van der Waals surface area contributed by atoms with E-state index in [0.29, 0.717) is 6.42 Å². The van der Waals surface area contributed by atoms with Crippen molar-refractivity contribution in [3.8, 4) is 0 Å². The van der Waals surface area contributed by atoms with Crippen LogP contribution < -0.4 is 0 Å². The lowest BCUT2D eigenvalue weighted by atomic mass is 10.2. The predicted octanol–water partition coefficient (Wildman–Crippen LogP) is 1.88. The summed E-state index contributed by atoms with van der Waals surface area (Å²) in [6, 6.07) is 0. The Morgan fingerprint density at radius 3 is 2.82 bits per heavy atom. The van der Waals surface area contributed by atoms with E-state index >= 15 is 0 Å². The molecular weight excluding hydrogens is 162 g/mol. The van der Waals surface area contributed by atoms with Crippen molar-refractivity contribution in [2.75, 3.05) is 6.54 Å². The van der Waals surface area contributed by atoms with Crippen molar-refractivity contribution in [2.45, 2.75) is 13.3 Å². The Morgan fingerprint density at radius 1 is 1.64 bits per heavy atom. The van der Waals surface area contributed by atoms with Crippen LogP contribution in [0.5, 0.6) is 0 Å². The third kappa shape index (κ3) is 2.31. The molecule has 0 fully saturated rings. The Morgan fingerprint density at radius 2 is 2.36 bits per heavy atom. The third-order valence-electron chi connectivity index (χ3n) is 1.53. The van der Waals surface area contributed by atoms with Gasteiger partial charge in [0.25, 0.3) is 0 Å². The summed E-state index contributed by atoms with van der Waals surface area (Å²) in [5, 5.41) is 14.0. The fourth-order valence-electron chi connectivity index (χ4n) is 0.855. The predicted molar refractivity (Wildman–Crippen MR) is 44.6 cm³/mol. The minimum Gasteiger partial charge on any atom is -0.265 e. The molecule has 60 valence electrons. The maximum Gasteiger partial charge on any atom is 0.207 e. The second kappa shape index (κ2) is 3.48. The molecular formula is C7H9NO2S. The van der Waals surface area contributed by atoms with Crippen molar-refractivity contribution in [2.24, 2.45) is 0 Å². The smallest absolute Gasteiger partial charge is 0.207 e. The first-order chi connectivity index (χ1) is 5.20. The van der Waals surface area contributed by atoms with Gasteiger partial charge < -0.3 is 0 Å². The molecule has 3 nitrogen and oxygen atoms in total. The zero-order valence-electron chi connectivity index (χ0n) is 6.24. The molecule has 0 aliphatic heterocycles. The minimum atomic E-state index is -0.281. The van der Waals surface area contributed by atoms with Crippen LogP contribution in [0.3, 0.4) is 0 Å². The van der Waals surface area contributed by atoms with Gasteiger partial charge in [0, 0.05) is 11.3 Å². The number of rotatable bonds is 3. The average Bonchev–Trinajstić information content (AvgIpc) is 2.31. The highest BCUT2D eigenvalue weighted by Crippen LogP contribution is 2.13. The van der Waals surface area contributed by atoms with Gasteiger partial charge in [-0.25, -0.2) is 0 Å². The topological polar surface area (TPSA) is 43.1 Å². The van der Waals surface area contributed by atoms with Gasteiger partial charge in [-0.1, -0.05) is 0 Å². The van der Waals surface area contributed by atoms with Crippen LogP contribution in [0.2, 0.25) is 0 Å². The van der Waals surface area contributed by atoms with Gasteiger partial charge >= 0.3 is 0 Å². The summed E-state index contributed by atoms with van der Waals surface area (Å²) < 4.78 is 0. The van der Waals surface area contributed by atoms with E-state index in [4.69, 9.17) is 0 Å². The van der Waals surface area contributed by atoms with E-state index in [2.05, 4.69) is 0 Å². The molecule has 1 aromatic heterocycles. The minimum absolute atomic E-state index is 0.0393. The first kappa shape index (κ1) is 8.20. The normalized spacial score (nSPS) is 9.91. The highest BCUT2D eigenvalue weighted by molar-refractivity contribution is 7.08. The average molecular weight is 171 g/mol. The van der Waals surface area contributed by atoms with Crippen LogP contribution in [0.4, 0.5) is 0 Å². The number of thiophene rings is 1. The summed E-state index contributed by atoms with van der Waals surface area (Å²) >= 11 is 1.60. The zero-order chi connectivity index (χ0) is 8.27. The van der Waals surface area contributed by atoms with Crippen molar-refractivity contribution in [3.63, 3.8) is 0 Å². The SMILES string of the molecule is Cc1cscc1CC[N+](=O)[O-]. The first-order valence-electron chi connectivity index (χ1n) is 3.33. The van der Waals surface area contributed by atoms with Crippen molar-refractivity contribution in [1.29, 1.82) is 0 Å². The van der Waals surface area contributed by atoms with E-state index in [0.717, 1.165) is 11.1 Å². The molecule has 0 aliphatic carbocycles. The lowest BCUT2D eigenvalue weighted by Crippen LogP contribution is -2.03. The Hall–Kier alpha value is -0.900. The molecule has 1 aromatic rings. The molecule has 0 radical (unpaired) electrons. The third-order valence-corrected chi connectivity index (χ3v) is 2.44. The summed E-state index contributed by atoms with van der Waals surface area (Å²) in [4.78, 5) is 9.73. The Bertz CT molecular complexity index is 257. The largest absolute Gasteiger partial charge is 0.265 e. The second-order valence-corrected chi connectivity index (χ2v) is 3.13. The van der Waals surface area contributed by atoms with Crippen LogP contribution in [-0.4, -0.2) is 11.5 Å². The van der Waals surface area contributed by atoms with E-state index in [9.17, 15) is 10.1 Å². The van der Waals surface area contributed by atoms with Gasteiger partial charge in [0.2, 0.25) is 6.54 Å². The van der Waals surface area contributed by atoms with Crippen molar-refractivity contribution in [1.82, 2.24) is 0 Å². The number of nitro groups is 1. The molecule has 0 amide bonds. The number of aryl methyl sites for hydroxylation is 1. The second-order valence-electron chi connectivity index (χ2n) is 2.39. The molecule has 0 aliphatic rings. The fourth-order valence-corrected chi connectivity index (χ4v) is 1.75. The van der Waals surface area contributed by atoms with Gasteiger partial charge in [-0.3, -0.25) is 10.1 Å². The molecule has 0 spiro atoms. The van der Waals surface area contributed by atoms with Gasteiger partial charge in [-0.05, 0) is 28.8 Å². The number of nitrogens with zero attached hydrogens (tertiary/aromatic N) is 1. The maximum atomic E-state index is 10.0. The van der Waals surface area contributed by atoms with Crippen LogP contribution in [0.25, 0.3) is 0 Å². The van der Waals surface area contributed by atoms with Gasteiger partial charge in [0.05, 0.1) is 0 Å². The van der Waals surface area contributed by atoms with Gasteiger partial charge in [0.15, 0.2) is 0 Å². The molecule has 0 saturated carbocycles. The molecule has 0 atom stereocenters. The monoisotopic (exact) mass is 171 g/mol. The van der Waals surface area contributed by atoms with Crippen molar-refractivity contribution >= 4 is 11.3 Å². The fraction of sp³-hybridized carbons (Fsp3) is 0.429. The highest BCUT2D eigenvalue weighted by Gasteiger charge is 2.02. The summed E-state index contributed by atoms with van der Waals surface area (Å²) in [5.41, 5.74) is 2.27. The molecule has 0 aromatic carbocycles. The molecule has 4 heteroatoms. The van der Waals surface area contributed by atoms with E-state index < -0.39 is 0 Å². The molecule has 0 saturated heterocycles. The molecule has 1 rings (SSSR count). The number of hydrogen-bond acceptors (Lipinski definition) is 3.